The van der Waals surface area contributed by atoms with Crippen LogP contribution in [0.2, 0.25) is 0 Å². The first-order valence-electron chi connectivity index (χ1n) is 28.7. The Kier molecular flexibility index (Phi) is 21.3. The van der Waals surface area contributed by atoms with Gasteiger partial charge in [-0.1, -0.05) is 82.6 Å². The first kappa shape index (κ1) is 63.3. The number of para-hydroxylation sites is 1. The summed E-state index contributed by atoms with van der Waals surface area (Å²) in [5.41, 5.74) is 6.36. The number of nitrogens with two attached hydrogens (primary N) is 1. The lowest BCUT2D eigenvalue weighted by Gasteiger charge is -2.36. The van der Waals surface area contributed by atoms with E-state index in [0.717, 1.165) is 0 Å². The van der Waals surface area contributed by atoms with Gasteiger partial charge in [-0.2, -0.15) is 0 Å². The van der Waals surface area contributed by atoms with E-state index in [1.165, 1.54) is 19.3 Å². The second-order valence-corrected chi connectivity index (χ2v) is 24.5. The number of benzene rings is 2. The van der Waals surface area contributed by atoms with Gasteiger partial charge in [0, 0.05) is 44.1 Å². The summed E-state index contributed by atoms with van der Waals surface area (Å²) in [4.78, 5) is 132. The third-order valence-corrected chi connectivity index (χ3v) is 15.2. The van der Waals surface area contributed by atoms with E-state index < -0.39 is 125 Å². The largest absolute Gasteiger partial charge is 0.480 e. The lowest BCUT2D eigenvalue weighted by molar-refractivity contribution is -0.149. The number of carboxylic acid groups (broad SMARTS) is 1. The van der Waals surface area contributed by atoms with Gasteiger partial charge >= 0.3 is 12.1 Å². The highest BCUT2D eigenvalue weighted by atomic mass is 16.6. The van der Waals surface area contributed by atoms with Crippen LogP contribution in [0.5, 0.6) is 0 Å². The highest BCUT2D eigenvalue weighted by Gasteiger charge is 2.45. The van der Waals surface area contributed by atoms with Crippen molar-refractivity contribution in [1.82, 2.24) is 40.5 Å². The molecule has 0 spiro atoms. The van der Waals surface area contributed by atoms with Crippen LogP contribution in [-0.4, -0.2) is 163 Å². The molecule has 21 heteroatoms. The summed E-state index contributed by atoms with van der Waals surface area (Å²) < 4.78 is 13.3. The van der Waals surface area contributed by atoms with Gasteiger partial charge in [-0.15, -0.1) is 0 Å². The minimum absolute atomic E-state index is 0.00229. The maximum atomic E-state index is 15.0. The molecule has 444 valence electrons. The van der Waals surface area contributed by atoms with Crippen molar-refractivity contribution < 1.29 is 57.7 Å². The number of nitrogens with one attached hydrogen (secondary N) is 4. The molecular formula is C60H87N9O12. The number of aliphatic carboxylic acids is 1. The summed E-state index contributed by atoms with van der Waals surface area (Å²) in [6.45, 7) is 20.5. The highest BCUT2D eigenvalue weighted by Crippen LogP contribution is 2.28. The van der Waals surface area contributed by atoms with Gasteiger partial charge in [-0.25, -0.2) is 9.59 Å². The standard InChI is InChI=1S/C60H87N9O12/c1-12-36(4)48(64-53(73)46-26-19-29-67(46)56(76)49(37(5)80-59(6,7)8)65-50(70)41(61)31-35(2)3)55(75)66-28-18-25-45(66)52(72)62-42(33-39-34-69(58(79)81-60(9,10)11)44-24-17-16-23-40(39)44)51(71)63-43(32-38-21-14-13-15-22-38)54(74)68-30-20-27-47(68)57(77)78/h13-17,21-24,34-37,41-43,45-49H,12,18-20,25-33,61H2,1-11H3,(H,62,72)(H,63,71)(H,64,73)(H,65,70)(H,77,78)/t36-,37+,41-,42-,43-,45-,46-,47-,48-,49-/m0/s1. The van der Waals surface area contributed by atoms with E-state index in [-0.39, 0.29) is 57.7 Å². The number of likely N-dealkylation sites (tertiary alicyclic amines) is 3. The van der Waals surface area contributed by atoms with Crippen LogP contribution in [0.1, 0.15) is 139 Å². The maximum Gasteiger partial charge on any atom is 0.419 e. The molecule has 7 amide bonds. The predicted octanol–water partition coefficient (Wildman–Crippen LogP) is 4.83. The van der Waals surface area contributed by atoms with E-state index in [2.05, 4.69) is 21.3 Å². The number of carbonyl (C=O) groups excluding carboxylic acids is 8. The molecule has 0 bridgehead atoms. The van der Waals surface area contributed by atoms with Crippen LogP contribution >= 0.6 is 0 Å². The zero-order valence-electron chi connectivity index (χ0n) is 49.1. The van der Waals surface area contributed by atoms with Crippen LogP contribution in [-0.2, 0) is 60.7 Å². The summed E-state index contributed by atoms with van der Waals surface area (Å²) in [5.74, 6) is -5.69. The molecule has 1 aromatic heterocycles. The van der Waals surface area contributed by atoms with Gasteiger partial charge in [-0.05, 0) is 122 Å². The van der Waals surface area contributed by atoms with Crippen molar-refractivity contribution in [3.8, 4) is 0 Å². The Morgan fingerprint density at radius 2 is 1.19 bits per heavy atom. The molecule has 0 unspecified atom stereocenters. The molecule has 3 aromatic rings. The Balaban J connectivity index is 1.28. The summed E-state index contributed by atoms with van der Waals surface area (Å²) in [6, 6.07) is 6.88. The molecule has 6 rings (SSSR count). The van der Waals surface area contributed by atoms with Crippen LogP contribution in [0.15, 0.2) is 60.8 Å². The zero-order chi connectivity index (χ0) is 59.7. The molecule has 10 atom stereocenters. The van der Waals surface area contributed by atoms with Gasteiger partial charge in [0.2, 0.25) is 41.4 Å². The van der Waals surface area contributed by atoms with Gasteiger partial charge in [0.15, 0.2) is 0 Å². The number of carbonyl (C=O) groups is 9. The van der Waals surface area contributed by atoms with Gasteiger partial charge in [0.1, 0.15) is 47.9 Å². The summed E-state index contributed by atoms with van der Waals surface area (Å²) in [6.07, 6.45) is 2.77. The first-order chi connectivity index (χ1) is 38.1. The molecule has 3 fully saturated rings. The predicted molar refractivity (Wildman–Crippen MR) is 304 cm³/mol. The van der Waals surface area contributed by atoms with Gasteiger partial charge < -0.3 is 56.3 Å². The Bertz CT molecular complexity index is 2750. The summed E-state index contributed by atoms with van der Waals surface area (Å²) in [5, 5.41) is 22.2. The topological polar surface area (TPSA) is 281 Å². The number of carboxylic acids is 1. The van der Waals surface area contributed by atoms with Gasteiger partial charge in [0.05, 0.1) is 23.3 Å². The van der Waals surface area contributed by atoms with Crippen molar-refractivity contribution in [2.75, 3.05) is 19.6 Å². The van der Waals surface area contributed by atoms with Crippen LogP contribution < -0.4 is 27.0 Å². The Morgan fingerprint density at radius 3 is 1.74 bits per heavy atom. The van der Waals surface area contributed by atoms with Crippen LogP contribution in [0.4, 0.5) is 4.79 Å². The lowest BCUT2D eigenvalue weighted by Crippen LogP contribution is -2.62. The molecular weight excluding hydrogens is 1040 g/mol. The van der Waals surface area contributed by atoms with E-state index in [1.807, 2.05) is 48.5 Å². The normalized spacial score (nSPS) is 20.2. The molecule has 2 aromatic carbocycles. The van der Waals surface area contributed by atoms with Gasteiger partial charge in [-0.3, -0.25) is 38.1 Å². The van der Waals surface area contributed by atoms with E-state index in [4.69, 9.17) is 15.2 Å². The molecule has 21 nitrogen and oxygen atoms in total. The molecule has 3 aliphatic rings. The second-order valence-electron chi connectivity index (χ2n) is 24.5. The van der Waals surface area contributed by atoms with E-state index >= 15 is 9.59 Å². The van der Waals surface area contributed by atoms with Crippen molar-refractivity contribution in [3.05, 3.63) is 71.9 Å². The third-order valence-electron chi connectivity index (χ3n) is 15.2. The average molecular weight is 1130 g/mol. The number of amides is 7. The number of fused-ring (bicyclic) bond motifs is 1. The summed E-state index contributed by atoms with van der Waals surface area (Å²) in [7, 11) is 0. The molecule has 0 aliphatic carbocycles. The van der Waals surface area contributed by atoms with Crippen molar-refractivity contribution in [2.45, 2.75) is 206 Å². The minimum atomic E-state index is -1.42. The first-order valence-corrected chi connectivity index (χ1v) is 28.7. The minimum Gasteiger partial charge on any atom is -0.480 e. The smallest absolute Gasteiger partial charge is 0.419 e. The fourth-order valence-corrected chi connectivity index (χ4v) is 11.2. The number of aromatic nitrogens is 1. The van der Waals surface area contributed by atoms with Crippen LogP contribution in [0.3, 0.4) is 0 Å². The molecule has 4 heterocycles. The highest BCUT2D eigenvalue weighted by molar-refractivity contribution is 5.99. The van der Waals surface area contributed by atoms with E-state index in [9.17, 15) is 38.7 Å². The van der Waals surface area contributed by atoms with Crippen molar-refractivity contribution in [2.24, 2.45) is 17.6 Å². The Labute approximate surface area is 476 Å². The fraction of sp³-hybridized carbons (Fsp3) is 0.617. The van der Waals surface area contributed by atoms with Crippen molar-refractivity contribution >= 4 is 64.3 Å². The zero-order valence-corrected chi connectivity index (χ0v) is 49.1. The summed E-state index contributed by atoms with van der Waals surface area (Å²) >= 11 is 0. The van der Waals surface area contributed by atoms with Gasteiger partial charge in [0.25, 0.3) is 0 Å². The second kappa shape index (κ2) is 27.3. The SMILES string of the molecule is CC[C@H](C)[C@H](NC(=O)[C@@H]1CCCN1C(=O)[C@@H](NC(=O)[C@@H](N)CC(C)C)[C@@H](C)OC(C)(C)C)C(=O)N1CCC[C@H]1C(=O)N[C@@H](Cc1cn(C(=O)OC(C)(C)C)c2ccccc12)C(=O)N[C@@H](Cc1ccccc1)C(=O)N1CCC[C@H]1C(=O)O. The Morgan fingerprint density at radius 1 is 0.642 bits per heavy atom. The number of rotatable bonds is 22. The van der Waals surface area contributed by atoms with Crippen LogP contribution in [0.25, 0.3) is 10.9 Å². The fourth-order valence-electron chi connectivity index (χ4n) is 11.2. The van der Waals surface area contributed by atoms with Crippen molar-refractivity contribution in [3.63, 3.8) is 0 Å². The number of nitrogens with zero attached hydrogens (tertiary/aromatic N) is 4. The van der Waals surface area contributed by atoms with Crippen molar-refractivity contribution in [1.29, 1.82) is 0 Å². The molecule has 0 radical (unpaired) electrons. The quantitative estimate of drug-likeness (QED) is 0.0788. The molecule has 3 aliphatic heterocycles. The monoisotopic (exact) mass is 1130 g/mol. The van der Waals surface area contributed by atoms with Crippen LogP contribution in [0, 0.1) is 11.8 Å². The Hall–Kier alpha value is -6.87. The third kappa shape index (κ3) is 16.4. The number of hydrogen-bond donors (Lipinski definition) is 6. The average Bonchev–Trinajstić information content (AvgIpc) is 4.39. The molecule has 0 saturated carbocycles. The number of ether oxygens (including phenoxy) is 2. The molecule has 7 N–H and O–H groups in total. The number of hydrogen-bond acceptors (Lipinski definition) is 12. The molecule has 81 heavy (non-hydrogen) atoms. The van der Waals surface area contributed by atoms with E-state index in [0.29, 0.717) is 54.1 Å². The molecule has 3 saturated heterocycles. The lowest BCUT2D eigenvalue weighted by atomic mass is 9.96. The van der Waals surface area contributed by atoms with E-state index in [1.54, 1.807) is 88.5 Å². The maximum absolute atomic E-state index is 15.0.